The van der Waals surface area contributed by atoms with E-state index in [1.807, 2.05) is 0 Å². The third-order valence-electron chi connectivity index (χ3n) is 8.94. The molecule has 0 atom stereocenters. The first kappa shape index (κ1) is 40.9. The summed E-state index contributed by atoms with van der Waals surface area (Å²) in [7, 11) is -0.689. The summed E-state index contributed by atoms with van der Waals surface area (Å²) in [6.45, 7) is 9.47. The van der Waals surface area contributed by atoms with E-state index in [1.54, 1.807) is 37.5 Å². The first-order valence-electron chi connectivity index (χ1n) is 18.1. The van der Waals surface area contributed by atoms with Gasteiger partial charge in [0.1, 0.15) is 0 Å². The van der Waals surface area contributed by atoms with Crippen LogP contribution in [-0.4, -0.2) is 24.6 Å². The monoisotopic (exact) mass is 575 g/mol. The highest BCUT2D eigenvalue weighted by atomic mass is 35.5. The van der Waals surface area contributed by atoms with Crippen molar-refractivity contribution in [1.82, 2.24) is 0 Å². The second-order valence-electron chi connectivity index (χ2n) is 12.7. The Morgan fingerprint density at radius 1 is 0.237 bits per heavy atom. The molecule has 0 spiro atoms. The quantitative estimate of drug-likeness (QED) is 0.0553. The van der Waals surface area contributed by atoms with E-state index in [0.29, 0.717) is 0 Å². The molecule has 0 fully saturated rings. The van der Waals surface area contributed by atoms with Crippen LogP contribution in [0.4, 0.5) is 0 Å². The third kappa shape index (κ3) is 28.3. The van der Waals surface area contributed by atoms with Gasteiger partial charge in [0, 0.05) is 7.26 Å². The summed E-state index contributed by atoms with van der Waals surface area (Å²) in [5.41, 5.74) is 0. The second kappa shape index (κ2) is 33.9. The lowest BCUT2D eigenvalue weighted by atomic mass is 10.1. The molecule has 0 aromatic rings. The van der Waals surface area contributed by atoms with E-state index in [1.165, 1.54) is 167 Å². The molecule has 0 nitrogen and oxygen atoms in total. The van der Waals surface area contributed by atoms with E-state index < -0.39 is 7.26 Å². The molecule has 0 rings (SSSR count). The summed E-state index contributed by atoms with van der Waals surface area (Å²) >= 11 is 0. The molecule has 0 unspecified atom stereocenters. The lowest BCUT2D eigenvalue weighted by molar-refractivity contribution is -0.00000842. The Morgan fingerprint density at radius 3 is 0.658 bits per heavy atom. The molecule has 0 radical (unpaired) electrons. The van der Waals surface area contributed by atoms with Crippen LogP contribution in [0.15, 0.2) is 0 Å². The predicted octanol–water partition coefficient (Wildman–Crippen LogP) is 11.0. The molecule has 2 heteroatoms. The van der Waals surface area contributed by atoms with Gasteiger partial charge in [0.25, 0.3) is 0 Å². The van der Waals surface area contributed by atoms with Crippen molar-refractivity contribution in [3.8, 4) is 0 Å². The van der Waals surface area contributed by atoms with Crippen LogP contribution in [0.5, 0.6) is 0 Å². The SMILES string of the molecule is CCCCCCCCCCCCCC[P+](CCCC)(CCCC)CCCCCCCCCCCCCC.[Cl-]. The standard InChI is InChI=1S/C36H76P.ClH/c1-5-9-13-15-17-19-21-23-25-27-29-31-35-37(33-11-7-3,34-12-8-4)36-32-30-28-26-24-22-20-18-16-14-10-6-2;/h5-36H2,1-4H3;1H/q+1;/p-1. The minimum Gasteiger partial charge on any atom is -1.00 e. The van der Waals surface area contributed by atoms with Crippen molar-refractivity contribution in [1.29, 1.82) is 0 Å². The smallest absolute Gasteiger partial charge is 0.0594 e. The average Bonchev–Trinajstić information content (AvgIpc) is 2.91. The number of hydrogen-bond donors (Lipinski definition) is 0. The lowest BCUT2D eigenvalue weighted by Crippen LogP contribution is -3.00. The Hall–Kier alpha value is 0.720. The molecule has 0 N–H and O–H groups in total. The van der Waals surface area contributed by atoms with Gasteiger partial charge in [0.2, 0.25) is 0 Å². The fourth-order valence-electron chi connectivity index (χ4n) is 6.23. The molecule has 232 valence electrons. The third-order valence-corrected chi connectivity index (χ3v) is 14.0. The van der Waals surface area contributed by atoms with Gasteiger partial charge < -0.3 is 12.4 Å². The van der Waals surface area contributed by atoms with Crippen LogP contribution >= 0.6 is 7.26 Å². The first-order valence-corrected chi connectivity index (χ1v) is 20.6. The molecule has 0 aliphatic rings. The average molecular weight is 575 g/mol. The maximum atomic E-state index is 2.42. The fourth-order valence-corrected chi connectivity index (χ4v) is 11.3. The molecule has 0 aromatic carbocycles. The minimum atomic E-state index is -0.689. The summed E-state index contributed by atoms with van der Waals surface area (Å²) < 4.78 is 0. The highest BCUT2D eigenvalue weighted by Crippen LogP contribution is 2.61. The van der Waals surface area contributed by atoms with Crippen LogP contribution in [0.3, 0.4) is 0 Å². The number of rotatable bonds is 32. The van der Waals surface area contributed by atoms with Gasteiger partial charge in [-0.1, -0.05) is 169 Å². The molecule has 0 bridgehead atoms. The van der Waals surface area contributed by atoms with E-state index in [2.05, 4.69) is 27.7 Å². The topological polar surface area (TPSA) is 0 Å². The van der Waals surface area contributed by atoms with Crippen LogP contribution in [0, 0.1) is 0 Å². The van der Waals surface area contributed by atoms with Crippen molar-refractivity contribution >= 4 is 7.26 Å². The molecule has 0 aliphatic heterocycles. The summed E-state index contributed by atoms with van der Waals surface area (Å²) in [5.74, 6) is 0. The number of hydrogen-bond acceptors (Lipinski definition) is 0. The van der Waals surface area contributed by atoms with Crippen molar-refractivity contribution in [2.45, 2.75) is 207 Å². The van der Waals surface area contributed by atoms with Crippen molar-refractivity contribution < 1.29 is 12.4 Å². The van der Waals surface area contributed by atoms with Crippen LogP contribution < -0.4 is 12.4 Å². The Labute approximate surface area is 251 Å². The molecule has 0 saturated heterocycles. The number of halogens is 1. The zero-order valence-corrected chi connectivity index (χ0v) is 29.1. The van der Waals surface area contributed by atoms with Gasteiger partial charge in [-0.15, -0.1) is 0 Å². The van der Waals surface area contributed by atoms with E-state index in [9.17, 15) is 0 Å². The molecule has 0 saturated carbocycles. The Bertz CT molecular complexity index is 372. The van der Waals surface area contributed by atoms with Gasteiger partial charge in [-0.2, -0.15) is 0 Å². The van der Waals surface area contributed by atoms with Gasteiger partial charge in [-0.3, -0.25) is 0 Å². The van der Waals surface area contributed by atoms with Gasteiger partial charge in [-0.05, 0) is 38.5 Å². The molecule has 0 aliphatic carbocycles. The van der Waals surface area contributed by atoms with Crippen LogP contribution in [0.25, 0.3) is 0 Å². The van der Waals surface area contributed by atoms with Crippen LogP contribution in [0.2, 0.25) is 0 Å². The van der Waals surface area contributed by atoms with E-state index in [4.69, 9.17) is 0 Å². The molecular formula is C36H76ClP. The predicted molar refractivity (Wildman–Crippen MR) is 178 cm³/mol. The van der Waals surface area contributed by atoms with Crippen molar-refractivity contribution in [3.63, 3.8) is 0 Å². The molecule has 0 aromatic heterocycles. The van der Waals surface area contributed by atoms with Crippen molar-refractivity contribution in [3.05, 3.63) is 0 Å². The molecule has 38 heavy (non-hydrogen) atoms. The summed E-state index contributed by atoms with van der Waals surface area (Å²) in [6.07, 6.45) is 48.0. The van der Waals surface area contributed by atoms with Gasteiger partial charge in [0.15, 0.2) is 0 Å². The summed E-state index contributed by atoms with van der Waals surface area (Å²) in [5, 5.41) is 0. The zero-order valence-electron chi connectivity index (χ0n) is 27.5. The van der Waals surface area contributed by atoms with E-state index in [-0.39, 0.29) is 12.4 Å². The largest absolute Gasteiger partial charge is 1.00 e. The molecular weight excluding hydrogens is 499 g/mol. The van der Waals surface area contributed by atoms with Crippen molar-refractivity contribution in [2.75, 3.05) is 24.6 Å². The van der Waals surface area contributed by atoms with Gasteiger partial charge in [-0.25, -0.2) is 0 Å². The van der Waals surface area contributed by atoms with Gasteiger partial charge in [0.05, 0.1) is 24.6 Å². The second-order valence-corrected chi connectivity index (χ2v) is 17.2. The highest BCUT2D eigenvalue weighted by Gasteiger charge is 2.34. The summed E-state index contributed by atoms with van der Waals surface area (Å²) in [4.78, 5) is 0. The van der Waals surface area contributed by atoms with Crippen LogP contribution in [-0.2, 0) is 0 Å². The zero-order chi connectivity index (χ0) is 27.1. The van der Waals surface area contributed by atoms with E-state index >= 15 is 0 Å². The maximum absolute atomic E-state index is 2.42. The van der Waals surface area contributed by atoms with Crippen LogP contribution in [0.1, 0.15) is 207 Å². The Balaban J connectivity index is 0. The maximum Gasteiger partial charge on any atom is 0.0594 e. The lowest BCUT2D eigenvalue weighted by Gasteiger charge is -2.28. The normalized spacial score (nSPS) is 11.7. The van der Waals surface area contributed by atoms with Crippen molar-refractivity contribution in [2.24, 2.45) is 0 Å². The molecule has 0 amide bonds. The highest BCUT2D eigenvalue weighted by molar-refractivity contribution is 7.75. The first-order chi connectivity index (χ1) is 18.2. The van der Waals surface area contributed by atoms with E-state index in [0.717, 1.165) is 0 Å². The molecule has 0 heterocycles. The fraction of sp³-hybridized carbons (Fsp3) is 1.00. The minimum absolute atomic E-state index is 0. The Morgan fingerprint density at radius 2 is 0.421 bits per heavy atom. The summed E-state index contributed by atoms with van der Waals surface area (Å²) in [6, 6.07) is 0. The Kier molecular flexibility index (Phi) is 36.5. The number of unbranched alkanes of at least 4 members (excludes halogenated alkanes) is 24. The van der Waals surface area contributed by atoms with Gasteiger partial charge >= 0.3 is 0 Å².